The van der Waals surface area contributed by atoms with Crippen LogP contribution >= 0.6 is 23.2 Å². The zero-order valence-corrected chi connectivity index (χ0v) is 9.02. The van der Waals surface area contributed by atoms with E-state index in [1.165, 1.54) is 0 Å². The Labute approximate surface area is 92.8 Å². The van der Waals surface area contributed by atoms with E-state index in [9.17, 15) is 0 Å². The number of aliphatic hydroxyl groups excluding tert-OH is 1. The van der Waals surface area contributed by atoms with Crippen LogP contribution in [0.3, 0.4) is 0 Å². The lowest BCUT2D eigenvalue weighted by atomic mass is 10.3. The molecule has 0 aliphatic rings. The van der Waals surface area contributed by atoms with Crippen molar-refractivity contribution in [3.05, 3.63) is 28.2 Å². The number of benzene rings is 1. The van der Waals surface area contributed by atoms with Crippen molar-refractivity contribution in [2.45, 2.75) is 6.04 Å². The van der Waals surface area contributed by atoms with Gasteiger partial charge in [0.25, 0.3) is 0 Å². The van der Waals surface area contributed by atoms with Crippen molar-refractivity contribution >= 4 is 28.9 Å². The fourth-order valence-corrected chi connectivity index (χ4v) is 1.50. The van der Waals surface area contributed by atoms with Crippen LogP contribution in [0.15, 0.2) is 18.2 Å². The third kappa shape index (κ3) is 3.72. The lowest BCUT2D eigenvalue weighted by Gasteiger charge is -2.11. The molecule has 0 aliphatic heterocycles. The molecule has 1 rings (SSSR count). The number of nitrogens with one attached hydrogen (secondary N) is 1. The Morgan fingerprint density at radius 1 is 1.29 bits per heavy atom. The maximum atomic E-state index is 8.70. The van der Waals surface area contributed by atoms with Gasteiger partial charge in [0, 0.05) is 28.3 Å². The molecular formula is C9H12Cl2N2O. The second-order valence-corrected chi connectivity index (χ2v) is 3.85. The number of aliphatic hydroxyl groups is 1. The van der Waals surface area contributed by atoms with Crippen molar-refractivity contribution in [1.29, 1.82) is 0 Å². The minimum atomic E-state index is -0.284. The van der Waals surface area contributed by atoms with Crippen LogP contribution in [-0.2, 0) is 0 Å². The first kappa shape index (κ1) is 11.6. The monoisotopic (exact) mass is 234 g/mol. The highest BCUT2D eigenvalue weighted by Crippen LogP contribution is 2.22. The van der Waals surface area contributed by atoms with Crippen molar-refractivity contribution in [3.8, 4) is 0 Å². The molecule has 1 unspecified atom stereocenters. The summed E-state index contributed by atoms with van der Waals surface area (Å²) in [7, 11) is 0. The van der Waals surface area contributed by atoms with Gasteiger partial charge in [0.05, 0.1) is 6.61 Å². The molecular weight excluding hydrogens is 223 g/mol. The van der Waals surface area contributed by atoms with Crippen LogP contribution in [0, 0.1) is 0 Å². The van der Waals surface area contributed by atoms with E-state index in [1.54, 1.807) is 18.2 Å². The summed E-state index contributed by atoms with van der Waals surface area (Å²) in [4.78, 5) is 0. The molecule has 78 valence electrons. The number of hydrogen-bond donors (Lipinski definition) is 3. The molecule has 0 saturated carbocycles. The van der Waals surface area contributed by atoms with E-state index >= 15 is 0 Å². The van der Waals surface area contributed by atoms with Crippen LogP contribution in [0.25, 0.3) is 0 Å². The Hall–Kier alpha value is -0.480. The van der Waals surface area contributed by atoms with Crippen LogP contribution in [0.4, 0.5) is 5.69 Å². The molecule has 0 spiro atoms. The molecule has 0 bridgehead atoms. The van der Waals surface area contributed by atoms with E-state index in [2.05, 4.69) is 5.32 Å². The Bertz CT molecular complexity index is 287. The van der Waals surface area contributed by atoms with Gasteiger partial charge in [-0.15, -0.1) is 0 Å². The quantitative estimate of drug-likeness (QED) is 0.744. The van der Waals surface area contributed by atoms with Crippen molar-refractivity contribution in [2.75, 3.05) is 18.5 Å². The Morgan fingerprint density at radius 2 is 1.86 bits per heavy atom. The van der Waals surface area contributed by atoms with Gasteiger partial charge in [-0.05, 0) is 18.2 Å². The largest absolute Gasteiger partial charge is 0.395 e. The summed E-state index contributed by atoms with van der Waals surface area (Å²) in [5.41, 5.74) is 6.32. The first-order valence-electron chi connectivity index (χ1n) is 4.18. The lowest BCUT2D eigenvalue weighted by Crippen LogP contribution is -2.32. The van der Waals surface area contributed by atoms with Gasteiger partial charge in [0.2, 0.25) is 0 Å². The summed E-state index contributed by atoms with van der Waals surface area (Å²) in [6.07, 6.45) is 0. The van der Waals surface area contributed by atoms with Crippen LogP contribution in [0.5, 0.6) is 0 Å². The molecule has 1 atom stereocenters. The summed E-state index contributed by atoms with van der Waals surface area (Å²) in [6, 6.07) is 4.86. The molecule has 5 heteroatoms. The summed E-state index contributed by atoms with van der Waals surface area (Å²) in [6.45, 7) is 0.425. The molecule has 0 radical (unpaired) electrons. The highest BCUT2D eigenvalue weighted by molar-refractivity contribution is 6.35. The average Bonchev–Trinajstić information content (AvgIpc) is 2.12. The van der Waals surface area contributed by atoms with Gasteiger partial charge < -0.3 is 16.2 Å². The Balaban J connectivity index is 2.58. The highest BCUT2D eigenvalue weighted by atomic mass is 35.5. The zero-order chi connectivity index (χ0) is 10.6. The normalized spacial score (nSPS) is 12.6. The Morgan fingerprint density at radius 3 is 2.36 bits per heavy atom. The summed E-state index contributed by atoms with van der Waals surface area (Å²) in [5.74, 6) is 0. The van der Waals surface area contributed by atoms with Crippen LogP contribution in [0.1, 0.15) is 0 Å². The van der Waals surface area contributed by atoms with E-state index in [0.717, 1.165) is 5.69 Å². The number of rotatable bonds is 4. The van der Waals surface area contributed by atoms with Gasteiger partial charge >= 0.3 is 0 Å². The molecule has 0 heterocycles. The second-order valence-electron chi connectivity index (χ2n) is 2.98. The molecule has 0 aliphatic carbocycles. The van der Waals surface area contributed by atoms with Crippen LogP contribution in [0.2, 0.25) is 10.0 Å². The van der Waals surface area contributed by atoms with Gasteiger partial charge in [-0.2, -0.15) is 0 Å². The van der Waals surface area contributed by atoms with E-state index in [4.69, 9.17) is 34.0 Å². The second kappa shape index (κ2) is 5.41. The van der Waals surface area contributed by atoms with Crippen LogP contribution in [-0.4, -0.2) is 24.3 Å². The highest BCUT2D eigenvalue weighted by Gasteiger charge is 2.01. The van der Waals surface area contributed by atoms with Crippen molar-refractivity contribution in [3.63, 3.8) is 0 Å². The first-order chi connectivity index (χ1) is 6.61. The summed E-state index contributed by atoms with van der Waals surface area (Å²) < 4.78 is 0. The number of anilines is 1. The molecule has 3 nitrogen and oxygen atoms in total. The molecule has 0 fully saturated rings. The van der Waals surface area contributed by atoms with Crippen molar-refractivity contribution in [2.24, 2.45) is 5.73 Å². The molecule has 1 aromatic carbocycles. The van der Waals surface area contributed by atoms with Gasteiger partial charge in [0.15, 0.2) is 0 Å². The molecule has 1 aromatic rings. The number of nitrogens with two attached hydrogens (primary N) is 1. The van der Waals surface area contributed by atoms with Crippen LogP contribution < -0.4 is 11.1 Å². The lowest BCUT2D eigenvalue weighted by molar-refractivity contribution is 0.270. The standard InChI is InChI=1S/C9H12Cl2N2O/c10-6-1-7(11)3-9(2-6)13-4-8(12)5-14/h1-3,8,13-14H,4-5,12H2. The number of halogens is 2. The maximum Gasteiger partial charge on any atom is 0.0599 e. The minimum Gasteiger partial charge on any atom is -0.395 e. The fourth-order valence-electron chi connectivity index (χ4n) is 0.969. The molecule has 0 aromatic heterocycles. The smallest absolute Gasteiger partial charge is 0.0599 e. The molecule has 14 heavy (non-hydrogen) atoms. The SMILES string of the molecule is NC(CO)CNc1cc(Cl)cc(Cl)c1. The van der Waals surface area contributed by atoms with Gasteiger partial charge in [-0.1, -0.05) is 23.2 Å². The van der Waals surface area contributed by atoms with Gasteiger partial charge in [-0.25, -0.2) is 0 Å². The van der Waals surface area contributed by atoms with E-state index < -0.39 is 0 Å². The predicted octanol–water partition coefficient (Wildman–Crippen LogP) is 1.72. The van der Waals surface area contributed by atoms with Gasteiger partial charge in [-0.3, -0.25) is 0 Å². The third-order valence-electron chi connectivity index (χ3n) is 1.67. The summed E-state index contributed by atoms with van der Waals surface area (Å²) in [5, 5.41) is 12.9. The maximum absolute atomic E-state index is 8.70. The minimum absolute atomic E-state index is 0.0543. The molecule has 4 N–H and O–H groups in total. The van der Waals surface area contributed by atoms with Gasteiger partial charge in [0.1, 0.15) is 0 Å². The van der Waals surface area contributed by atoms with Crippen molar-refractivity contribution < 1.29 is 5.11 Å². The third-order valence-corrected chi connectivity index (χ3v) is 2.10. The predicted molar refractivity (Wildman–Crippen MR) is 60.0 cm³/mol. The average molecular weight is 235 g/mol. The first-order valence-corrected chi connectivity index (χ1v) is 4.94. The molecule has 0 saturated heterocycles. The van der Waals surface area contributed by atoms with E-state index in [-0.39, 0.29) is 12.6 Å². The Kier molecular flexibility index (Phi) is 4.48. The number of hydrogen-bond acceptors (Lipinski definition) is 3. The van der Waals surface area contributed by atoms with E-state index in [1.807, 2.05) is 0 Å². The van der Waals surface area contributed by atoms with Crippen molar-refractivity contribution in [1.82, 2.24) is 0 Å². The zero-order valence-electron chi connectivity index (χ0n) is 7.50. The molecule has 0 amide bonds. The fraction of sp³-hybridized carbons (Fsp3) is 0.333. The topological polar surface area (TPSA) is 58.3 Å². The van der Waals surface area contributed by atoms with E-state index in [0.29, 0.717) is 16.6 Å². The summed E-state index contributed by atoms with van der Waals surface area (Å²) >= 11 is 11.6.